The van der Waals surface area contributed by atoms with Gasteiger partial charge in [0.25, 0.3) is 0 Å². The molecule has 0 aliphatic carbocycles. The molecule has 1 atom stereocenters. The largest absolute Gasteiger partial charge is 0.324 e. The van der Waals surface area contributed by atoms with Crippen molar-refractivity contribution in [2.75, 3.05) is 5.32 Å². The first-order valence-corrected chi connectivity index (χ1v) is 8.52. The molecule has 1 heterocycles. The number of rotatable bonds is 4. The Kier molecular flexibility index (Phi) is 4.91. The van der Waals surface area contributed by atoms with Gasteiger partial charge in [-0.3, -0.25) is 9.48 Å². The first kappa shape index (κ1) is 17.2. The molecule has 1 N–H and O–H groups in total. The summed E-state index contributed by atoms with van der Waals surface area (Å²) in [4.78, 5) is 12.5. The minimum atomic E-state index is -0.444. The lowest BCUT2D eigenvalue weighted by Gasteiger charge is -2.15. The van der Waals surface area contributed by atoms with E-state index >= 15 is 0 Å². The molecular formula is C20H20ClN3O. The highest BCUT2D eigenvalue weighted by molar-refractivity contribution is 6.31. The Bertz CT molecular complexity index is 885. The van der Waals surface area contributed by atoms with Crippen molar-refractivity contribution >= 4 is 23.2 Å². The summed E-state index contributed by atoms with van der Waals surface area (Å²) in [5.74, 6) is -0.130. The molecular weight excluding hydrogens is 334 g/mol. The first-order chi connectivity index (χ1) is 12.0. The summed E-state index contributed by atoms with van der Waals surface area (Å²) in [7, 11) is 0. The van der Waals surface area contributed by atoms with Crippen LogP contribution in [0.3, 0.4) is 0 Å². The SMILES string of the molecule is Cc1nn(C(C)C(=O)Nc2ccc(-c3ccccc3)cc2)c(C)c1Cl. The number of aromatic nitrogens is 2. The molecule has 3 aromatic rings. The standard InChI is InChI=1S/C20H20ClN3O/c1-13-19(21)14(2)24(23-13)15(3)20(25)22-18-11-9-17(10-12-18)16-7-5-4-6-8-16/h4-12,15H,1-3H3,(H,22,25). The highest BCUT2D eigenvalue weighted by Crippen LogP contribution is 2.24. The molecule has 0 radical (unpaired) electrons. The third-order valence-electron chi connectivity index (χ3n) is 4.24. The summed E-state index contributed by atoms with van der Waals surface area (Å²) in [5, 5.41) is 7.89. The fraction of sp³-hybridized carbons (Fsp3) is 0.200. The van der Waals surface area contributed by atoms with E-state index in [1.54, 1.807) is 4.68 Å². The fourth-order valence-electron chi connectivity index (χ4n) is 2.75. The van der Waals surface area contributed by atoms with Crippen LogP contribution >= 0.6 is 11.6 Å². The molecule has 0 aliphatic rings. The molecule has 0 saturated heterocycles. The summed E-state index contributed by atoms with van der Waals surface area (Å²) < 4.78 is 1.66. The van der Waals surface area contributed by atoms with Crippen LogP contribution in [-0.4, -0.2) is 15.7 Å². The van der Waals surface area contributed by atoms with E-state index in [0.29, 0.717) is 5.02 Å². The van der Waals surface area contributed by atoms with E-state index in [0.717, 1.165) is 28.2 Å². The summed E-state index contributed by atoms with van der Waals surface area (Å²) in [5.41, 5.74) is 4.53. The van der Waals surface area contributed by atoms with Crippen LogP contribution in [0.2, 0.25) is 5.02 Å². The van der Waals surface area contributed by atoms with Gasteiger partial charge in [0.15, 0.2) is 0 Å². The van der Waals surface area contributed by atoms with Gasteiger partial charge in [0.05, 0.1) is 16.4 Å². The Hall–Kier alpha value is -2.59. The number of carbonyl (C=O) groups is 1. The zero-order valence-electron chi connectivity index (χ0n) is 14.5. The maximum absolute atomic E-state index is 12.5. The van der Waals surface area contributed by atoms with Crippen LogP contribution in [0.4, 0.5) is 5.69 Å². The molecule has 3 rings (SSSR count). The second-order valence-corrected chi connectivity index (χ2v) is 6.42. The van der Waals surface area contributed by atoms with Crippen molar-refractivity contribution in [3.05, 3.63) is 71.0 Å². The van der Waals surface area contributed by atoms with Gasteiger partial charge in [-0.2, -0.15) is 5.10 Å². The number of hydrogen-bond acceptors (Lipinski definition) is 2. The molecule has 0 bridgehead atoms. The molecule has 4 nitrogen and oxygen atoms in total. The lowest BCUT2D eigenvalue weighted by atomic mass is 10.1. The van der Waals surface area contributed by atoms with Crippen LogP contribution in [0.5, 0.6) is 0 Å². The Morgan fingerprint density at radius 3 is 2.20 bits per heavy atom. The third kappa shape index (κ3) is 3.59. The Morgan fingerprint density at radius 2 is 1.64 bits per heavy atom. The number of nitrogens with zero attached hydrogens (tertiary/aromatic N) is 2. The van der Waals surface area contributed by atoms with E-state index in [9.17, 15) is 4.79 Å². The normalized spacial score (nSPS) is 12.0. The molecule has 0 aliphatic heterocycles. The highest BCUT2D eigenvalue weighted by atomic mass is 35.5. The van der Waals surface area contributed by atoms with Crippen LogP contribution in [0.25, 0.3) is 11.1 Å². The van der Waals surface area contributed by atoms with Gasteiger partial charge in [-0.05, 0) is 44.0 Å². The number of carbonyl (C=O) groups excluding carboxylic acids is 1. The van der Waals surface area contributed by atoms with Crippen molar-refractivity contribution in [3.8, 4) is 11.1 Å². The molecule has 0 spiro atoms. The summed E-state index contributed by atoms with van der Waals surface area (Å²) in [6.07, 6.45) is 0. The van der Waals surface area contributed by atoms with Crippen molar-refractivity contribution in [2.24, 2.45) is 0 Å². The number of benzene rings is 2. The minimum absolute atomic E-state index is 0.130. The van der Waals surface area contributed by atoms with Crippen LogP contribution in [-0.2, 0) is 4.79 Å². The Labute approximate surface area is 152 Å². The zero-order chi connectivity index (χ0) is 18.0. The maximum atomic E-state index is 12.5. The molecule has 5 heteroatoms. The first-order valence-electron chi connectivity index (χ1n) is 8.15. The van der Waals surface area contributed by atoms with Crippen LogP contribution in [0.1, 0.15) is 24.4 Å². The van der Waals surface area contributed by atoms with Crippen LogP contribution < -0.4 is 5.32 Å². The maximum Gasteiger partial charge on any atom is 0.248 e. The minimum Gasteiger partial charge on any atom is -0.324 e. The summed E-state index contributed by atoms with van der Waals surface area (Å²) in [6, 6.07) is 17.5. The molecule has 1 unspecified atom stereocenters. The van der Waals surface area contributed by atoms with Crippen LogP contribution in [0.15, 0.2) is 54.6 Å². The number of amides is 1. The van der Waals surface area contributed by atoms with Crippen LogP contribution in [0, 0.1) is 13.8 Å². The van der Waals surface area contributed by atoms with Gasteiger partial charge in [0.1, 0.15) is 6.04 Å². The molecule has 25 heavy (non-hydrogen) atoms. The van der Waals surface area contributed by atoms with Gasteiger partial charge in [-0.15, -0.1) is 0 Å². The number of hydrogen-bond donors (Lipinski definition) is 1. The molecule has 0 fully saturated rings. The second-order valence-electron chi connectivity index (χ2n) is 6.04. The summed E-state index contributed by atoms with van der Waals surface area (Å²) in [6.45, 7) is 5.50. The number of nitrogens with one attached hydrogen (secondary N) is 1. The summed E-state index contributed by atoms with van der Waals surface area (Å²) >= 11 is 6.17. The van der Waals surface area contributed by atoms with Gasteiger partial charge in [0.2, 0.25) is 5.91 Å². The topological polar surface area (TPSA) is 46.9 Å². The molecule has 2 aromatic carbocycles. The molecule has 1 aromatic heterocycles. The van der Waals surface area contributed by atoms with Crippen molar-refractivity contribution in [1.29, 1.82) is 0 Å². The number of halogens is 1. The Balaban J connectivity index is 1.73. The average Bonchev–Trinajstić information content (AvgIpc) is 2.90. The van der Waals surface area contributed by atoms with Crippen molar-refractivity contribution in [2.45, 2.75) is 26.8 Å². The molecule has 1 amide bonds. The van der Waals surface area contributed by atoms with E-state index in [-0.39, 0.29) is 5.91 Å². The predicted molar refractivity (Wildman–Crippen MR) is 102 cm³/mol. The van der Waals surface area contributed by atoms with Gasteiger partial charge >= 0.3 is 0 Å². The van der Waals surface area contributed by atoms with E-state index in [4.69, 9.17) is 11.6 Å². The molecule has 128 valence electrons. The van der Waals surface area contributed by atoms with Gasteiger partial charge in [0, 0.05) is 5.69 Å². The van der Waals surface area contributed by atoms with Crippen molar-refractivity contribution < 1.29 is 4.79 Å². The average molecular weight is 354 g/mol. The predicted octanol–water partition coefficient (Wildman–Crippen LogP) is 5.02. The number of aryl methyl sites for hydroxylation is 1. The monoisotopic (exact) mass is 353 g/mol. The third-order valence-corrected chi connectivity index (χ3v) is 4.79. The smallest absolute Gasteiger partial charge is 0.248 e. The fourth-order valence-corrected chi connectivity index (χ4v) is 2.88. The van der Waals surface area contributed by atoms with Crippen molar-refractivity contribution in [1.82, 2.24) is 9.78 Å². The van der Waals surface area contributed by atoms with E-state index < -0.39 is 6.04 Å². The lowest BCUT2D eigenvalue weighted by molar-refractivity contribution is -0.119. The highest BCUT2D eigenvalue weighted by Gasteiger charge is 2.20. The van der Waals surface area contributed by atoms with Crippen molar-refractivity contribution in [3.63, 3.8) is 0 Å². The second kappa shape index (κ2) is 7.11. The molecule has 0 saturated carbocycles. The van der Waals surface area contributed by atoms with E-state index in [2.05, 4.69) is 22.5 Å². The Morgan fingerprint density at radius 1 is 1.04 bits per heavy atom. The van der Waals surface area contributed by atoms with E-state index in [1.807, 2.05) is 63.2 Å². The van der Waals surface area contributed by atoms with E-state index in [1.165, 1.54) is 0 Å². The quantitative estimate of drug-likeness (QED) is 0.715. The van der Waals surface area contributed by atoms with Gasteiger partial charge in [-0.1, -0.05) is 54.1 Å². The zero-order valence-corrected chi connectivity index (χ0v) is 15.2. The van der Waals surface area contributed by atoms with Gasteiger partial charge < -0.3 is 5.32 Å². The lowest BCUT2D eigenvalue weighted by Crippen LogP contribution is -2.25. The van der Waals surface area contributed by atoms with Gasteiger partial charge in [-0.25, -0.2) is 0 Å². The number of anilines is 1.